The largest absolute Gasteiger partial charge is 0.323 e. The Morgan fingerprint density at radius 3 is 2.56 bits per heavy atom. The number of aromatic nitrogens is 2. The topological polar surface area (TPSA) is 87.0 Å². The smallest absolute Gasteiger partial charge is 0.273 e. The SMILES string of the molecule is C/C(=N\N)c1c(-c2ccccc2)[nH][nH]c1=O. The fourth-order valence-electron chi connectivity index (χ4n) is 1.59. The molecule has 2 rings (SSSR count). The Hall–Kier alpha value is -2.30. The predicted octanol–water partition coefficient (Wildman–Crippen LogP) is 1.05. The van der Waals surface area contributed by atoms with Crippen molar-refractivity contribution < 1.29 is 0 Å². The lowest BCUT2D eigenvalue weighted by molar-refractivity contribution is 1.06. The number of benzene rings is 1. The summed E-state index contributed by atoms with van der Waals surface area (Å²) in [5, 5.41) is 8.92. The van der Waals surface area contributed by atoms with Gasteiger partial charge in [0.05, 0.1) is 17.0 Å². The van der Waals surface area contributed by atoms with Gasteiger partial charge in [0, 0.05) is 5.56 Å². The molecule has 0 saturated heterocycles. The van der Waals surface area contributed by atoms with Gasteiger partial charge in [0.1, 0.15) is 0 Å². The minimum atomic E-state index is -0.217. The summed E-state index contributed by atoms with van der Waals surface area (Å²) in [7, 11) is 0. The molecule has 1 aromatic carbocycles. The average molecular weight is 216 g/mol. The normalized spacial score (nSPS) is 11.7. The number of aromatic amines is 2. The van der Waals surface area contributed by atoms with Crippen LogP contribution in [0.1, 0.15) is 12.5 Å². The second-order valence-corrected chi connectivity index (χ2v) is 3.41. The van der Waals surface area contributed by atoms with Gasteiger partial charge >= 0.3 is 0 Å². The number of hydrogen-bond donors (Lipinski definition) is 3. The minimum absolute atomic E-state index is 0.217. The number of nitrogens with zero attached hydrogens (tertiary/aromatic N) is 1. The van der Waals surface area contributed by atoms with Crippen LogP contribution in [0.5, 0.6) is 0 Å². The lowest BCUT2D eigenvalue weighted by Gasteiger charge is -2.00. The van der Waals surface area contributed by atoms with Crippen molar-refractivity contribution in [1.29, 1.82) is 0 Å². The molecule has 0 aliphatic heterocycles. The van der Waals surface area contributed by atoms with Crippen molar-refractivity contribution in [3.8, 4) is 11.3 Å². The van der Waals surface area contributed by atoms with Gasteiger partial charge in [-0.2, -0.15) is 5.10 Å². The highest BCUT2D eigenvalue weighted by Gasteiger charge is 2.13. The number of hydrogen-bond acceptors (Lipinski definition) is 3. The first-order valence-electron chi connectivity index (χ1n) is 4.85. The summed E-state index contributed by atoms with van der Waals surface area (Å²) in [5.41, 5.74) is 2.39. The third kappa shape index (κ3) is 1.63. The second-order valence-electron chi connectivity index (χ2n) is 3.41. The predicted molar refractivity (Wildman–Crippen MR) is 63.2 cm³/mol. The first-order chi connectivity index (χ1) is 7.74. The van der Waals surface area contributed by atoms with Crippen LogP contribution in [0.2, 0.25) is 0 Å². The third-order valence-electron chi connectivity index (χ3n) is 2.40. The van der Waals surface area contributed by atoms with Crippen molar-refractivity contribution >= 4 is 5.71 Å². The van der Waals surface area contributed by atoms with Gasteiger partial charge < -0.3 is 5.84 Å². The van der Waals surface area contributed by atoms with Gasteiger partial charge in [0.2, 0.25) is 0 Å². The van der Waals surface area contributed by atoms with E-state index in [4.69, 9.17) is 5.84 Å². The molecule has 0 aliphatic rings. The van der Waals surface area contributed by atoms with Crippen LogP contribution in [0.25, 0.3) is 11.3 Å². The molecule has 5 nitrogen and oxygen atoms in total. The molecule has 0 unspecified atom stereocenters. The molecule has 0 radical (unpaired) electrons. The molecular formula is C11H12N4O. The molecule has 5 heteroatoms. The molecule has 0 fully saturated rings. The first-order valence-corrected chi connectivity index (χ1v) is 4.85. The Labute approximate surface area is 92.0 Å². The number of H-pyrrole nitrogens is 2. The number of nitrogens with two attached hydrogens (primary N) is 1. The second kappa shape index (κ2) is 4.06. The molecule has 0 atom stereocenters. The van der Waals surface area contributed by atoms with Crippen molar-refractivity contribution in [2.75, 3.05) is 0 Å². The van der Waals surface area contributed by atoms with Crippen LogP contribution in [-0.4, -0.2) is 15.9 Å². The van der Waals surface area contributed by atoms with Gasteiger partial charge in [-0.05, 0) is 6.92 Å². The van der Waals surface area contributed by atoms with E-state index in [2.05, 4.69) is 15.3 Å². The lowest BCUT2D eigenvalue weighted by Crippen LogP contribution is -2.12. The molecule has 0 spiro atoms. The van der Waals surface area contributed by atoms with Gasteiger partial charge in [-0.3, -0.25) is 15.0 Å². The Balaban J connectivity index is 2.64. The maximum atomic E-state index is 11.6. The maximum absolute atomic E-state index is 11.6. The van der Waals surface area contributed by atoms with Crippen LogP contribution in [0.15, 0.2) is 40.2 Å². The fourth-order valence-corrected chi connectivity index (χ4v) is 1.59. The molecule has 82 valence electrons. The highest BCUT2D eigenvalue weighted by atomic mass is 16.1. The summed E-state index contributed by atoms with van der Waals surface area (Å²) in [6, 6.07) is 9.54. The number of rotatable bonds is 2. The van der Waals surface area contributed by atoms with Crippen LogP contribution in [0.3, 0.4) is 0 Å². The van der Waals surface area contributed by atoms with Crippen LogP contribution in [0, 0.1) is 0 Å². The Morgan fingerprint density at radius 2 is 1.94 bits per heavy atom. The molecule has 0 saturated carbocycles. The van der Waals surface area contributed by atoms with Crippen LogP contribution < -0.4 is 11.4 Å². The van der Waals surface area contributed by atoms with Crippen molar-refractivity contribution in [2.24, 2.45) is 10.9 Å². The van der Waals surface area contributed by atoms with Crippen molar-refractivity contribution in [2.45, 2.75) is 6.92 Å². The molecule has 4 N–H and O–H groups in total. The zero-order valence-electron chi connectivity index (χ0n) is 8.82. The highest BCUT2D eigenvalue weighted by Crippen LogP contribution is 2.18. The van der Waals surface area contributed by atoms with Crippen LogP contribution >= 0.6 is 0 Å². The standard InChI is InChI=1S/C11H12N4O/c1-7(13-12)9-10(14-15-11(9)16)8-5-3-2-4-6-8/h2-6H,12H2,1H3,(H2,14,15,16)/b13-7+. The summed E-state index contributed by atoms with van der Waals surface area (Å²) < 4.78 is 0. The monoisotopic (exact) mass is 216 g/mol. The van der Waals surface area contributed by atoms with Gasteiger partial charge in [-0.25, -0.2) is 0 Å². The zero-order valence-corrected chi connectivity index (χ0v) is 8.82. The molecule has 0 bridgehead atoms. The van der Waals surface area contributed by atoms with Gasteiger partial charge in [0.25, 0.3) is 5.56 Å². The van der Waals surface area contributed by atoms with E-state index in [1.54, 1.807) is 6.92 Å². The van der Waals surface area contributed by atoms with E-state index in [0.717, 1.165) is 5.56 Å². The molecule has 16 heavy (non-hydrogen) atoms. The maximum Gasteiger partial charge on any atom is 0.273 e. The Bertz CT molecular complexity index is 565. The fraction of sp³-hybridized carbons (Fsp3) is 0.0909. The van der Waals surface area contributed by atoms with Crippen molar-refractivity contribution in [1.82, 2.24) is 10.2 Å². The summed E-state index contributed by atoms with van der Waals surface area (Å²) in [6.45, 7) is 1.70. The quantitative estimate of drug-likeness (QED) is 0.398. The molecular weight excluding hydrogens is 204 g/mol. The summed E-state index contributed by atoms with van der Waals surface area (Å²) in [5.74, 6) is 5.20. The van der Waals surface area contributed by atoms with Gasteiger partial charge in [-0.15, -0.1) is 0 Å². The van der Waals surface area contributed by atoms with E-state index >= 15 is 0 Å². The van der Waals surface area contributed by atoms with E-state index in [9.17, 15) is 4.79 Å². The summed E-state index contributed by atoms with van der Waals surface area (Å²) in [4.78, 5) is 11.6. The zero-order chi connectivity index (χ0) is 11.5. The van der Waals surface area contributed by atoms with E-state index in [0.29, 0.717) is 17.0 Å². The van der Waals surface area contributed by atoms with E-state index in [-0.39, 0.29) is 5.56 Å². The van der Waals surface area contributed by atoms with Gasteiger partial charge in [-0.1, -0.05) is 30.3 Å². The van der Waals surface area contributed by atoms with Crippen molar-refractivity contribution in [3.63, 3.8) is 0 Å². The minimum Gasteiger partial charge on any atom is -0.323 e. The Kier molecular flexibility index (Phi) is 2.59. The average Bonchev–Trinajstić information content (AvgIpc) is 2.71. The number of hydrazone groups is 1. The molecule has 0 aliphatic carbocycles. The van der Waals surface area contributed by atoms with Gasteiger partial charge in [0.15, 0.2) is 0 Å². The molecule has 1 heterocycles. The summed E-state index contributed by atoms with van der Waals surface area (Å²) in [6.07, 6.45) is 0. The molecule has 0 amide bonds. The lowest BCUT2D eigenvalue weighted by atomic mass is 10.1. The molecule has 2 aromatic rings. The third-order valence-corrected chi connectivity index (χ3v) is 2.40. The van der Waals surface area contributed by atoms with E-state index < -0.39 is 0 Å². The highest BCUT2D eigenvalue weighted by molar-refractivity contribution is 6.03. The van der Waals surface area contributed by atoms with Crippen LogP contribution in [0.4, 0.5) is 0 Å². The van der Waals surface area contributed by atoms with E-state index in [1.165, 1.54) is 0 Å². The summed E-state index contributed by atoms with van der Waals surface area (Å²) >= 11 is 0. The van der Waals surface area contributed by atoms with Crippen molar-refractivity contribution in [3.05, 3.63) is 46.2 Å². The Morgan fingerprint density at radius 1 is 1.25 bits per heavy atom. The van der Waals surface area contributed by atoms with Crippen LogP contribution in [-0.2, 0) is 0 Å². The molecule has 1 aromatic heterocycles. The first kappa shape index (κ1) is 10.2. The van der Waals surface area contributed by atoms with E-state index in [1.807, 2.05) is 30.3 Å². The number of nitrogens with one attached hydrogen (secondary N) is 2.